The minimum Gasteiger partial charge on any atom is -0.350 e. The maximum Gasteiger partial charge on any atom is 0.411 e. The zero-order chi connectivity index (χ0) is 31.7. The van der Waals surface area contributed by atoms with Gasteiger partial charge in [0, 0.05) is 23.5 Å². The summed E-state index contributed by atoms with van der Waals surface area (Å²) in [6.07, 6.45) is -12.3. The van der Waals surface area contributed by atoms with Crippen LogP contribution in [0.25, 0.3) is 0 Å². The molecular weight excluding hydrogens is 582 g/mol. The topological polar surface area (TPSA) is 110 Å². The van der Waals surface area contributed by atoms with Gasteiger partial charge in [-0.1, -0.05) is 48.5 Å². The van der Waals surface area contributed by atoms with Crippen LogP contribution in [0.4, 0.5) is 60.5 Å². The third-order valence-electron chi connectivity index (χ3n) is 6.93. The molecule has 4 aromatic carbocycles. The van der Waals surface area contributed by atoms with Gasteiger partial charge >= 0.3 is 12.4 Å². The normalized spacial score (nSPS) is 12.1. The lowest BCUT2D eigenvalue weighted by atomic mass is 9.72. The number of rotatable bonds is 8. The molecule has 0 spiro atoms. The number of benzene rings is 4. The van der Waals surface area contributed by atoms with Crippen LogP contribution in [0.1, 0.15) is 22.3 Å². The van der Waals surface area contributed by atoms with E-state index in [1.54, 1.807) is 50.2 Å². The number of hydrogen-bond acceptors (Lipinski definition) is 6. The molecule has 4 aromatic rings. The first-order valence-electron chi connectivity index (χ1n) is 12.4. The zero-order valence-electron chi connectivity index (χ0n) is 22.4. The number of alkyl halides is 6. The van der Waals surface area contributed by atoms with Gasteiger partial charge in [0.1, 0.15) is 11.4 Å². The van der Waals surface area contributed by atoms with Crippen molar-refractivity contribution in [3.63, 3.8) is 0 Å². The Morgan fingerprint density at radius 2 is 0.907 bits per heavy atom. The van der Waals surface area contributed by atoms with E-state index >= 15 is 0 Å². The van der Waals surface area contributed by atoms with Crippen LogP contribution < -0.4 is 10.6 Å². The summed E-state index contributed by atoms with van der Waals surface area (Å²) in [4.78, 5) is 21.6. The van der Waals surface area contributed by atoms with E-state index in [1.165, 1.54) is 12.1 Å². The summed E-state index contributed by atoms with van der Waals surface area (Å²) < 4.78 is 88.9. The molecule has 224 valence electrons. The molecular formula is C29H22F6N4O4. The summed E-state index contributed by atoms with van der Waals surface area (Å²) in [7, 11) is 0. The fourth-order valence-corrected chi connectivity index (χ4v) is 4.74. The maximum atomic E-state index is 14.8. The van der Waals surface area contributed by atoms with Crippen LogP contribution in [-0.4, -0.2) is 22.2 Å². The zero-order valence-corrected chi connectivity index (χ0v) is 22.4. The summed E-state index contributed by atoms with van der Waals surface area (Å²) in [5.41, 5.74) is -8.90. The molecule has 0 saturated carbocycles. The van der Waals surface area contributed by atoms with Gasteiger partial charge in [0.25, 0.3) is 11.4 Å². The Kier molecular flexibility index (Phi) is 8.07. The highest BCUT2D eigenvalue weighted by Gasteiger charge is 2.73. The number of nitrogens with zero attached hydrogens (tertiary/aromatic N) is 2. The quantitative estimate of drug-likeness (QED) is 0.118. The largest absolute Gasteiger partial charge is 0.411 e. The number of halogens is 6. The van der Waals surface area contributed by atoms with Crippen molar-refractivity contribution in [3.8, 4) is 0 Å². The highest BCUT2D eigenvalue weighted by molar-refractivity contribution is 5.74. The standard InChI is InChI=1S/C29H22F6N4O4/c1-17-7-3-5-9-21(17)36-23-13-11-19(15-25(23)38(40)41)27(28(30,31)32,29(33,34)35)20-12-14-24(26(16-20)39(42)43)37-22-10-6-4-8-18(22)2/h3-16,36-37H,1-2H3. The van der Waals surface area contributed by atoms with Crippen molar-refractivity contribution in [3.05, 3.63) is 127 Å². The van der Waals surface area contributed by atoms with Crippen LogP contribution in [0.2, 0.25) is 0 Å². The molecule has 0 saturated heterocycles. The number of nitro benzene ring substituents is 2. The Morgan fingerprint density at radius 1 is 0.558 bits per heavy atom. The predicted octanol–water partition coefficient (Wildman–Crippen LogP) is 9.02. The third kappa shape index (κ3) is 5.67. The first-order chi connectivity index (χ1) is 20.1. The van der Waals surface area contributed by atoms with Gasteiger partial charge in [-0.3, -0.25) is 20.2 Å². The predicted molar refractivity (Wildman–Crippen MR) is 148 cm³/mol. The van der Waals surface area contributed by atoms with Gasteiger partial charge in [0.05, 0.1) is 9.85 Å². The summed E-state index contributed by atoms with van der Waals surface area (Å²) in [5.74, 6) is 0. The van der Waals surface area contributed by atoms with Crippen LogP contribution in [0.15, 0.2) is 84.9 Å². The molecule has 0 amide bonds. The number of aryl methyl sites for hydroxylation is 2. The first kappa shape index (κ1) is 30.8. The van der Waals surface area contributed by atoms with Crippen molar-refractivity contribution >= 4 is 34.1 Å². The minimum absolute atomic E-state index is 0.187. The molecule has 0 unspecified atom stereocenters. The molecule has 0 heterocycles. The molecule has 0 aliphatic heterocycles. The van der Waals surface area contributed by atoms with Crippen molar-refractivity contribution in [2.45, 2.75) is 31.6 Å². The van der Waals surface area contributed by atoms with Gasteiger partial charge in [0.2, 0.25) is 5.41 Å². The van der Waals surface area contributed by atoms with Gasteiger partial charge in [-0.15, -0.1) is 0 Å². The van der Waals surface area contributed by atoms with Crippen LogP contribution >= 0.6 is 0 Å². The molecule has 8 nitrogen and oxygen atoms in total. The fourth-order valence-electron chi connectivity index (χ4n) is 4.74. The lowest BCUT2D eigenvalue weighted by molar-refractivity contribution is -0.384. The minimum atomic E-state index is -6.14. The molecule has 0 fully saturated rings. The molecule has 4 rings (SSSR count). The molecule has 0 atom stereocenters. The van der Waals surface area contributed by atoms with E-state index in [-0.39, 0.29) is 23.5 Å². The number of nitrogens with one attached hydrogen (secondary N) is 2. The first-order valence-corrected chi connectivity index (χ1v) is 12.4. The van der Waals surface area contributed by atoms with E-state index in [1.807, 2.05) is 0 Å². The van der Waals surface area contributed by atoms with Gasteiger partial charge in [-0.05, 0) is 60.4 Å². The summed E-state index contributed by atoms with van der Waals surface area (Å²) in [6, 6.07) is 15.6. The van der Waals surface area contributed by atoms with Crippen molar-refractivity contribution < 1.29 is 36.2 Å². The second-order valence-electron chi connectivity index (χ2n) is 9.60. The average molecular weight is 605 g/mol. The molecule has 0 radical (unpaired) electrons. The van der Waals surface area contributed by atoms with Gasteiger partial charge in [-0.25, -0.2) is 0 Å². The van der Waals surface area contributed by atoms with E-state index in [9.17, 15) is 46.6 Å². The van der Waals surface area contributed by atoms with Gasteiger partial charge in [0.15, 0.2) is 0 Å². The summed E-state index contributed by atoms with van der Waals surface area (Å²) in [6.45, 7) is 3.29. The average Bonchev–Trinajstić information content (AvgIpc) is 2.91. The highest BCUT2D eigenvalue weighted by atomic mass is 19.4. The number of anilines is 4. The maximum absolute atomic E-state index is 14.8. The van der Waals surface area contributed by atoms with E-state index in [0.717, 1.165) is 12.1 Å². The second-order valence-corrected chi connectivity index (χ2v) is 9.60. The molecule has 2 N–H and O–H groups in total. The van der Waals surface area contributed by atoms with Crippen molar-refractivity contribution in [1.82, 2.24) is 0 Å². The Balaban J connectivity index is 1.96. The smallest absolute Gasteiger partial charge is 0.350 e. The van der Waals surface area contributed by atoms with Crippen LogP contribution in [-0.2, 0) is 5.41 Å². The van der Waals surface area contributed by atoms with E-state index in [0.29, 0.717) is 34.6 Å². The highest BCUT2D eigenvalue weighted by Crippen LogP contribution is 2.57. The van der Waals surface area contributed by atoms with Crippen molar-refractivity contribution in [2.75, 3.05) is 10.6 Å². The van der Waals surface area contributed by atoms with Crippen LogP contribution in [0.5, 0.6) is 0 Å². The number of para-hydroxylation sites is 2. The SMILES string of the molecule is Cc1ccccc1Nc1ccc(C(c2ccc(Nc3ccccc3C)c([N+](=O)[O-])c2)(C(F)(F)F)C(F)(F)F)cc1[N+](=O)[O-]. The molecule has 0 aliphatic carbocycles. The third-order valence-corrected chi connectivity index (χ3v) is 6.93. The number of nitro groups is 2. The van der Waals surface area contributed by atoms with Crippen molar-refractivity contribution in [2.24, 2.45) is 0 Å². The molecule has 0 aliphatic rings. The van der Waals surface area contributed by atoms with Crippen LogP contribution in [0, 0.1) is 34.1 Å². The van der Waals surface area contributed by atoms with E-state index in [2.05, 4.69) is 10.6 Å². The van der Waals surface area contributed by atoms with Gasteiger partial charge in [-0.2, -0.15) is 26.3 Å². The Labute approximate surface area is 240 Å². The van der Waals surface area contributed by atoms with E-state index < -0.39 is 50.1 Å². The Hall–Kier alpha value is -5.14. The monoisotopic (exact) mass is 604 g/mol. The molecule has 0 bridgehead atoms. The molecule has 0 aromatic heterocycles. The summed E-state index contributed by atoms with van der Waals surface area (Å²) >= 11 is 0. The van der Waals surface area contributed by atoms with Crippen molar-refractivity contribution in [1.29, 1.82) is 0 Å². The number of hydrogen-bond donors (Lipinski definition) is 2. The molecule has 43 heavy (non-hydrogen) atoms. The summed E-state index contributed by atoms with van der Waals surface area (Å²) in [5, 5.41) is 29.2. The Morgan fingerprint density at radius 3 is 1.21 bits per heavy atom. The van der Waals surface area contributed by atoms with Gasteiger partial charge < -0.3 is 10.6 Å². The van der Waals surface area contributed by atoms with Crippen LogP contribution in [0.3, 0.4) is 0 Å². The fraction of sp³-hybridized carbons (Fsp3) is 0.172. The van der Waals surface area contributed by atoms with E-state index in [4.69, 9.17) is 0 Å². The molecule has 14 heteroatoms. The second kappa shape index (κ2) is 11.3. The lowest BCUT2D eigenvalue weighted by Gasteiger charge is -2.38. The lowest BCUT2D eigenvalue weighted by Crippen LogP contribution is -2.54. The Bertz CT molecular complexity index is 1580.